The molecule has 0 aliphatic carbocycles. The van der Waals surface area contributed by atoms with Crippen LogP contribution in [0.5, 0.6) is 0 Å². The molecule has 0 aliphatic rings. The molecule has 0 saturated heterocycles. The molecule has 0 fully saturated rings. The van der Waals surface area contributed by atoms with Crippen LogP contribution in [0.25, 0.3) is 0 Å². The van der Waals surface area contributed by atoms with Gasteiger partial charge in [0.25, 0.3) is 0 Å². The van der Waals surface area contributed by atoms with Crippen LogP contribution < -0.4 is 0 Å². The fraction of sp³-hybridized carbons (Fsp3) is 0.348. The topological polar surface area (TPSA) is 22.2 Å². The van der Waals surface area contributed by atoms with Gasteiger partial charge in [-0.25, -0.2) is 0 Å². The van der Waals surface area contributed by atoms with E-state index in [1.54, 1.807) is 0 Å². The Hall–Kier alpha value is -1.28. The minimum atomic E-state index is -3.91. The predicted octanol–water partition coefficient (Wildman–Crippen LogP) is 7.57. The molecule has 29 heavy (non-hydrogen) atoms. The van der Waals surface area contributed by atoms with Gasteiger partial charge in [0.1, 0.15) is 0 Å². The Balaban J connectivity index is 2.67. The van der Waals surface area contributed by atoms with E-state index < -0.39 is 15.9 Å². The van der Waals surface area contributed by atoms with Crippen LogP contribution in [0.2, 0.25) is 10.0 Å². The van der Waals surface area contributed by atoms with Gasteiger partial charge >= 0.3 is 188 Å². The molecule has 0 spiro atoms. The number of benzene rings is 1. The summed E-state index contributed by atoms with van der Waals surface area (Å²) in [6.07, 6.45) is 0. The first-order valence-electron chi connectivity index (χ1n) is 9.63. The summed E-state index contributed by atoms with van der Waals surface area (Å²) in [6, 6.07) is 14.3. The molecule has 3 aromatic rings. The predicted molar refractivity (Wildman–Crippen MR) is 123 cm³/mol. The van der Waals surface area contributed by atoms with E-state index in [1.807, 2.05) is 18.2 Å². The number of hydrogen-bond donors (Lipinski definition) is 0. The van der Waals surface area contributed by atoms with Crippen molar-refractivity contribution in [1.29, 1.82) is 0 Å². The van der Waals surface area contributed by atoms with E-state index in [0.29, 0.717) is 15.7 Å². The van der Waals surface area contributed by atoms with E-state index in [-0.39, 0.29) is 5.41 Å². The van der Waals surface area contributed by atoms with Crippen molar-refractivity contribution < 1.29 is 15.9 Å². The standard InChI is InChI=1S/C6H3Cl2N.2C6H8N.C5H10.W/c7-4-2-1-3-5(8)6(4)9;2*1-5-3-4-6(2)7-5;1-5(2,3)4;/h1-3H;2*3-4H,1-2H3;1H,2-4H3;/q;2*-1;;+2. The summed E-state index contributed by atoms with van der Waals surface area (Å²) in [6.45, 7) is 15.4. The molecule has 0 aliphatic heterocycles. The monoisotopic (exact) mass is 601 g/mol. The van der Waals surface area contributed by atoms with E-state index >= 15 is 0 Å². The number of aryl methyl sites for hydroxylation is 4. The molecule has 0 amide bonds. The summed E-state index contributed by atoms with van der Waals surface area (Å²) in [4.78, 5) is 0. The second kappa shape index (κ2) is 8.10. The second-order valence-corrected chi connectivity index (χ2v) is 17.5. The van der Waals surface area contributed by atoms with Gasteiger partial charge in [-0.2, -0.15) is 0 Å². The maximum absolute atomic E-state index is 6.61. The molecule has 3 rings (SSSR count). The van der Waals surface area contributed by atoms with Crippen molar-refractivity contribution in [3.8, 4) is 0 Å². The first-order chi connectivity index (χ1) is 13.5. The van der Waals surface area contributed by atoms with Crippen LogP contribution in [-0.4, -0.2) is 10.7 Å². The quantitative estimate of drug-likeness (QED) is 0.295. The van der Waals surface area contributed by atoms with Gasteiger partial charge in [-0.15, -0.1) is 0 Å². The van der Waals surface area contributed by atoms with Crippen LogP contribution >= 0.6 is 23.2 Å². The Kier molecular flexibility index (Phi) is 6.26. The zero-order valence-corrected chi connectivity index (χ0v) is 22.6. The van der Waals surface area contributed by atoms with Crippen molar-refractivity contribution in [2.75, 3.05) is 0 Å². The fourth-order valence-electron chi connectivity index (χ4n) is 3.64. The molecule has 2 aromatic heterocycles. The molecule has 3 nitrogen and oxygen atoms in total. The van der Waals surface area contributed by atoms with Crippen LogP contribution in [0.1, 0.15) is 43.5 Å². The average Bonchev–Trinajstić information content (AvgIpc) is 3.11. The van der Waals surface area contributed by atoms with E-state index in [2.05, 4.69) is 83.4 Å². The Morgan fingerprint density at radius 3 is 1.48 bits per heavy atom. The third-order valence-corrected chi connectivity index (χ3v) is 18.5. The Labute approximate surface area is 187 Å². The van der Waals surface area contributed by atoms with Gasteiger partial charge in [-0.05, 0) is 0 Å². The van der Waals surface area contributed by atoms with Gasteiger partial charge in [0.05, 0.1) is 0 Å². The molecular weight excluding hydrogens is 573 g/mol. The van der Waals surface area contributed by atoms with Crippen LogP contribution in [0, 0.1) is 33.1 Å². The van der Waals surface area contributed by atoms with Crippen molar-refractivity contribution in [2.45, 2.75) is 48.5 Å². The van der Waals surface area contributed by atoms with Crippen LogP contribution in [-0.2, 0) is 15.9 Å². The molecular formula is C23H29Cl2N3W. The van der Waals surface area contributed by atoms with E-state index in [0.717, 1.165) is 0 Å². The summed E-state index contributed by atoms with van der Waals surface area (Å²) in [5, 5.41) is 1.18. The minimum absolute atomic E-state index is 0.0428. The summed E-state index contributed by atoms with van der Waals surface area (Å²) in [5.41, 5.74) is 5.47. The maximum atomic E-state index is 6.61. The molecule has 0 saturated carbocycles. The number of halogens is 2. The first kappa shape index (κ1) is 22.4. The zero-order valence-electron chi connectivity index (χ0n) is 18.1. The normalized spacial score (nSPS) is 12.3. The van der Waals surface area contributed by atoms with Gasteiger partial charge in [-0.1, -0.05) is 0 Å². The molecule has 0 bridgehead atoms. The first-order valence-corrected chi connectivity index (χ1v) is 16.0. The third kappa shape index (κ3) is 4.29. The summed E-state index contributed by atoms with van der Waals surface area (Å²) in [5.74, 6) is 0. The number of nitrogens with zero attached hydrogens (tertiary/aromatic N) is 3. The van der Waals surface area contributed by atoms with Crippen LogP contribution in [0.4, 0.5) is 5.69 Å². The number of hydrogen-bond acceptors (Lipinski definition) is 1. The number of aromatic nitrogens is 2. The van der Waals surface area contributed by atoms with E-state index in [9.17, 15) is 0 Å². The van der Waals surface area contributed by atoms with E-state index in [1.165, 1.54) is 22.8 Å². The molecule has 0 radical (unpaired) electrons. The summed E-state index contributed by atoms with van der Waals surface area (Å²) < 4.78 is 12.9. The van der Waals surface area contributed by atoms with Crippen molar-refractivity contribution in [1.82, 2.24) is 6.25 Å². The van der Waals surface area contributed by atoms with Crippen molar-refractivity contribution in [2.24, 2.45) is 8.91 Å². The van der Waals surface area contributed by atoms with Crippen molar-refractivity contribution in [3.05, 3.63) is 75.3 Å². The zero-order chi connectivity index (χ0) is 21.6. The second-order valence-electron chi connectivity index (χ2n) is 8.53. The van der Waals surface area contributed by atoms with Crippen LogP contribution in [0.15, 0.2) is 46.0 Å². The molecule has 0 N–H and O–H groups in total. The van der Waals surface area contributed by atoms with Crippen LogP contribution in [0.3, 0.4) is 0 Å². The van der Waals surface area contributed by atoms with Crippen molar-refractivity contribution in [3.63, 3.8) is 0 Å². The van der Waals surface area contributed by atoms with Gasteiger partial charge in [0, 0.05) is 0 Å². The molecule has 0 atom stereocenters. The Morgan fingerprint density at radius 2 is 1.14 bits per heavy atom. The fourth-order valence-corrected chi connectivity index (χ4v) is 18.7. The Morgan fingerprint density at radius 1 is 0.759 bits per heavy atom. The molecule has 0 unspecified atom stereocenters. The SMILES string of the molecule is Cc1ccc(C)[n]1[W](=[CH]C(C)(C)C)(=[N]c1c(Cl)cccc1Cl)[n]1c(C)ccc1C. The third-order valence-electron chi connectivity index (χ3n) is 4.63. The van der Waals surface area contributed by atoms with Crippen molar-refractivity contribution >= 4 is 33.3 Å². The van der Waals surface area contributed by atoms with Gasteiger partial charge in [0.2, 0.25) is 0 Å². The summed E-state index contributed by atoms with van der Waals surface area (Å²) in [7, 11) is 0. The summed E-state index contributed by atoms with van der Waals surface area (Å²) >= 11 is 9.31. The molecule has 1 aromatic carbocycles. The Bertz CT molecular complexity index is 1070. The van der Waals surface area contributed by atoms with E-state index in [4.69, 9.17) is 26.7 Å². The van der Waals surface area contributed by atoms with Gasteiger partial charge in [0.15, 0.2) is 0 Å². The number of rotatable bonds is 3. The van der Waals surface area contributed by atoms with Gasteiger partial charge in [-0.3, -0.25) is 0 Å². The molecule has 2 heterocycles. The average molecular weight is 602 g/mol. The molecule has 156 valence electrons. The molecule has 6 heteroatoms. The van der Waals surface area contributed by atoms with Gasteiger partial charge < -0.3 is 0 Å².